The second-order valence-corrected chi connectivity index (χ2v) is 8.93. The van der Waals surface area contributed by atoms with Crippen LogP contribution in [0.2, 0.25) is 0 Å². The van der Waals surface area contributed by atoms with Gasteiger partial charge in [0.25, 0.3) is 0 Å². The van der Waals surface area contributed by atoms with Gasteiger partial charge in [-0.3, -0.25) is 0 Å². The van der Waals surface area contributed by atoms with Crippen LogP contribution in [0.4, 0.5) is 0 Å². The van der Waals surface area contributed by atoms with Crippen LogP contribution >= 0.6 is 0 Å². The lowest BCUT2D eigenvalue weighted by molar-refractivity contribution is -0.149. The molecule has 0 saturated heterocycles. The number of allylic oxidation sites excluding steroid dienone is 1. The molecule has 3 nitrogen and oxygen atoms in total. The average Bonchev–Trinajstić information content (AvgIpc) is 2.95. The lowest BCUT2D eigenvalue weighted by Crippen LogP contribution is -2.45. The van der Waals surface area contributed by atoms with Crippen LogP contribution in [0.3, 0.4) is 0 Å². The predicted octanol–water partition coefficient (Wildman–Crippen LogP) is 4.01. The number of aliphatic carboxylic acids is 1. The van der Waals surface area contributed by atoms with E-state index >= 15 is 0 Å². The van der Waals surface area contributed by atoms with Crippen LogP contribution in [0, 0.1) is 35.0 Å². The van der Waals surface area contributed by atoms with Crippen LogP contribution in [-0.2, 0) is 4.79 Å². The maximum Gasteiger partial charge on any atom is 0.333 e. The Hall–Kier alpha value is -0.830. The number of rotatable bonds is 2. The van der Waals surface area contributed by atoms with Crippen LogP contribution in [0.15, 0.2) is 11.6 Å². The molecule has 1 unspecified atom stereocenters. The maximum absolute atomic E-state index is 11.1. The number of aliphatic hydroxyl groups is 1. The van der Waals surface area contributed by atoms with Gasteiger partial charge in [0.1, 0.15) is 0 Å². The quantitative estimate of drug-likeness (QED) is 0.756. The highest BCUT2D eigenvalue weighted by molar-refractivity contribution is 5.72. The van der Waals surface area contributed by atoms with Crippen molar-refractivity contribution in [3.63, 3.8) is 0 Å². The number of fused-ring (bicyclic) bond motifs is 5. The van der Waals surface area contributed by atoms with E-state index in [0.717, 1.165) is 37.0 Å². The Kier molecular flexibility index (Phi) is 3.83. The molecule has 7 atom stereocenters. The van der Waals surface area contributed by atoms with Gasteiger partial charge in [-0.15, -0.1) is 0 Å². The Bertz CT molecular complexity index is 525. The van der Waals surface area contributed by atoms with Gasteiger partial charge >= 0.3 is 5.97 Å². The van der Waals surface area contributed by atoms with Gasteiger partial charge < -0.3 is 10.2 Å². The van der Waals surface area contributed by atoms with E-state index in [4.69, 9.17) is 5.11 Å². The topological polar surface area (TPSA) is 57.5 Å². The second kappa shape index (κ2) is 5.61. The Morgan fingerprint density at radius 2 is 2.00 bits per heavy atom. The molecule has 0 aromatic rings. The number of hydrogen-bond acceptors (Lipinski definition) is 2. The van der Waals surface area contributed by atoms with E-state index in [0.29, 0.717) is 11.3 Å². The molecular formula is C20H30O3. The minimum absolute atomic E-state index is 0.171. The molecule has 0 aliphatic heterocycles. The van der Waals surface area contributed by atoms with Crippen molar-refractivity contribution in [2.75, 3.05) is 0 Å². The normalized spacial score (nSPS) is 47.0. The molecule has 0 spiro atoms. The van der Waals surface area contributed by atoms with E-state index in [-0.39, 0.29) is 5.92 Å². The van der Waals surface area contributed by atoms with E-state index < -0.39 is 12.1 Å². The van der Waals surface area contributed by atoms with Gasteiger partial charge in [0, 0.05) is 5.92 Å². The lowest BCUT2D eigenvalue weighted by Gasteiger charge is -2.53. The summed E-state index contributed by atoms with van der Waals surface area (Å²) in [6.07, 6.45) is 12.3. The zero-order valence-corrected chi connectivity index (χ0v) is 14.2. The van der Waals surface area contributed by atoms with Crippen LogP contribution in [-0.4, -0.2) is 22.3 Å². The van der Waals surface area contributed by atoms with Crippen molar-refractivity contribution in [3.05, 3.63) is 11.6 Å². The van der Waals surface area contributed by atoms with Crippen molar-refractivity contribution in [3.8, 4) is 0 Å². The summed E-state index contributed by atoms with van der Waals surface area (Å²) in [5.74, 6) is 2.10. The van der Waals surface area contributed by atoms with E-state index in [1.165, 1.54) is 44.1 Å². The molecule has 4 rings (SSSR count). The first-order valence-electron chi connectivity index (χ1n) is 9.61. The molecule has 128 valence electrons. The Morgan fingerprint density at radius 1 is 1.17 bits per heavy atom. The number of carbonyl (C=O) groups is 1. The van der Waals surface area contributed by atoms with E-state index in [9.17, 15) is 9.90 Å². The summed E-state index contributed by atoms with van der Waals surface area (Å²) in [6, 6.07) is 0. The van der Waals surface area contributed by atoms with Gasteiger partial charge in [0.05, 0.1) is 0 Å². The van der Waals surface area contributed by atoms with Gasteiger partial charge in [0.15, 0.2) is 6.10 Å². The fourth-order valence-corrected chi connectivity index (χ4v) is 6.79. The number of aliphatic hydroxyl groups excluding tert-OH is 1. The highest BCUT2D eigenvalue weighted by Gasteiger charge is 2.52. The van der Waals surface area contributed by atoms with E-state index in [2.05, 4.69) is 13.0 Å². The van der Waals surface area contributed by atoms with Crippen LogP contribution in [0.5, 0.6) is 0 Å². The zero-order valence-electron chi connectivity index (χ0n) is 14.2. The molecule has 0 amide bonds. The summed E-state index contributed by atoms with van der Waals surface area (Å²) < 4.78 is 0. The standard InChI is InChI=1S/C20H30O3/c1-20-9-2-3-17(20)16-7-4-12-11-13(18(21)19(22)23)5-6-14(12)15(16)8-10-20/h11,13-18,21H,2-10H2,1H3,(H,22,23)/t13-,14-,15+,16+,17-,18?,20-/m0/s1. The first-order valence-corrected chi connectivity index (χ1v) is 9.61. The third-order valence-electron chi connectivity index (χ3n) is 7.93. The van der Waals surface area contributed by atoms with Crippen molar-refractivity contribution in [1.29, 1.82) is 0 Å². The smallest absolute Gasteiger partial charge is 0.333 e. The van der Waals surface area contributed by atoms with Crippen molar-refractivity contribution in [1.82, 2.24) is 0 Å². The van der Waals surface area contributed by atoms with E-state index in [1.54, 1.807) is 0 Å². The zero-order chi connectivity index (χ0) is 16.2. The van der Waals surface area contributed by atoms with Gasteiger partial charge in [-0.05, 0) is 80.5 Å². The molecule has 23 heavy (non-hydrogen) atoms. The van der Waals surface area contributed by atoms with Crippen molar-refractivity contribution in [2.45, 2.75) is 70.8 Å². The SMILES string of the molecule is C[C@@]12CCC[C@H]1[C@@H]1CCC3=C[C@@H](C(O)C(=O)O)CC[C@@H]3[C@H]1CC2. The fourth-order valence-electron chi connectivity index (χ4n) is 6.79. The molecule has 0 aromatic heterocycles. The van der Waals surface area contributed by atoms with Gasteiger partial charge in [-0.25, -0.2) is 4.79 Å². The number of hydrogen-bond donors (Lipinski definition) is 2. The maximum atomic E-state index is 11.1. The highest BCUT2D eigenvalue weighted by Crippen LogP contribution is 2.62. The molecular weight excluding hydrogens is 288 g/mol. The summed E-state index contributed by atoms with van der Waals surface area (Å²) in [5, 5.41) is 19.0. The number of carboxylic acid groups (broad SMARTS) is 1. The van der Waals surface area contributed by atoms with Gasteiger partial charge in [-0.2, -0.15) is 0 Å². The molecule has 3 heteroatoms. The summed E-state index contributed by atoms with van der Waals surface area (Å²) in [7, 11) is 0. The first-order chi connectivity index (χ1) is 11.0. The molecule has 0 bridgehead atoms. The highest BCUT2D eigenvalue weighted by atomic mass is 16.4. The van der Waals surface area contributed by atoms with Crippen molar-refractivity contribution >= 4 is 5.97 Å². The number of carboxylic acids is 1. The largest absolute Gasteiger partial charge is 0.479 e. The Morgan fingerprint density at radius 3 is 2.78 bits per heavy atom. The summed E-state index contributed by atoms with van der Waals surface area (Å²) in [6.45, 7) is 2.53. The summed E-state index contributed by atoms with van der Waals surface area (Å²) >= 11 is 0. The molecule has 0 aromatic carbocycles. The monoisotopic (exact) mass is 318 g/mol. The first kappa shape index (κ1) is 15.7. The van der Waals surface area contributed by atoms with Crippen LogP contribution in [0.25, 0.3) is 0 Å². The van der Waals surface area contributed by atoms with Gasteiger partial charge in [0.2, 0.25) is 0 Å². The van der Waals surface area contributed by atoms with E-state index in [1.807, 2.05) is 0 Å². The molecule has 3 fully saturated rings. The average molecular weight is 318 g/mol. The van der Waals surface area contributed by atoms with Crippen LogP contribution in [0.1, 0.15) is 64.7 Å². The summed E-state index contributed by atoms with van der Waals surface area (Å²) in [4.78, 5) is 11.1. The Balaban J connectivity index is 1.54. The molecule has 4 aliphatic carbocycles. The molecule has 2 N–H and O–H groups in total. The molecule has 0 heterocycles. The Labute approximate surface area is 139 Å². The lowest BCUT2D eigenvalue weighted by atomic mass is 9.52. The van der Waals surface area contributed by atoms with Gasteiger partial charge in [-0.1, -0.05) is 25.0 Å². The molecule has 3 saturated carbocycles. The fraction of sp³-hybridized carbons (Fsp3) is 0.850. The van der Waals surface area contributed by atoms with Crippen LogP contribution < -0.4 is 0 Å². The minimum Gasteiger partial charge on any atom is -0.479 e. The van der Waals surface area contributed by atoms with Crippen molar-refractivity contribution < 1.29 is 15.0 Å². The third-order valence-corrected chi connectivity index (χ3v) is 7.93. The third kappa shape index (κ3) is 2.47. The second-order valence-electron chi connectivity index (χ2n) is 8.93. The summed E-state index contributed by atoms with van der Waals surface area (Å²) in [5.41, 5.74) is 2.09. The minimum atomic E-state index is -1.22. The molecule has 0 radical (unpaired) electrons. The molecule has 4 aliphatic rings. The van der Waals surface area contributed by atoms with Crippen molar-refractivity contribution in [2.24, 2.45) is 35.0 Å². The predicted molar refractivity (Wildman–Crippen MR) is 88.8 cm³/mol.